The molecule has 0 aromatic carbocycles. The SMILES string of the molecule is COC[C@H]1C[C@@H](Nc2nc(NCC(F)(F)F)nc(C)c2-c2nc3cnccc3s2)[C@H](O)[C@@H]1O. The van der Waals surface area contributed by atoms with Gasteiger partial charge in [0.05, 0.1) is 40.9 Å². The average Bonchev–Trinajstić information content (AvgIpc) is 3.28. The summed E-state index contributed by atoms with van der Waals surface area (Å²) in [6.07, 6.45) is -2.92. The number of nitrogens with zero attached hydrogens (tertiary/aromatic N) is 4. The summed E-state index contributed by atoms with van der Waals surface area (Å²) < 4.78 is 44.2. The van der Waals surface area contributed by atoms with E-state index in [0.717, 1.165) is 4.70 Å². The van der Waals surface area contributed by atoms with Crippen LogP contribution in [0.3, 0.4) is 0 Å². The molecule has 0 saturated heterocycles. The second-order valence-corrected chi connectivity index (χ2v) is 8.90. The molecule has 9 nitrogen and oxygen atoms in total. The Balaban J connectivity index is 1.72. The number of halogens is 3. The normalized spacial score (nSPS) is 23.2. The first-order valence-electron chi connectivity index (χ1n) is 10.2. The quantitative estimate of drug-likeness (QED) is 0.400. The minimum Gasteiger partial charge on any atom is -0.390 e. The van der Waals surface area contributed by atoms with Gasteiger partial charge in [0.25, 0.3) is 0 Å². The summed E-state index contributed by atoms with van der Waals surface area (Å²) in [7, 11) is 1.51. The summed E-state index contributed by atoms with van der Waals surface area (Å²) in [5, 5.41) is 26.8. The smallest absolute Gasteiger partial charge is 0.390 e. The number of rotatable bonds is 7. The Morgan fingerprint density at radius 2 is 2.00 bits per heavy atom. The van der Waals surface area contributed by atoms with Crippen molar-refractivity contribution < 1.29 is 28.1 Å². The Labute approximate surface area is 191 Å². The van der Waals surface area contributed by atoms with Crippen molar-refractivity contribution in [1.82, 2.24) is 19.9 Å². The molecule has 178 valence electrons. The topological polar surface area (TPSA) is 125 Å². The van der Waals surface area contributed by atoms with E-state index in [4.69, 9.17) is 4.74 Å². The van der Waals surface area contributed by atoms with E-state index in [2.05, 4.69) is 30.6 Å². The van der Waals surface area contributed by atoms with E-state index in [9.17, 15) is 23.4 Å². The predicted octanol–water partition coefficient (Wildman–Crippen LogP) is 2.60. The molecule has 3 aromatic rings. The Morgan fingerprint density at radius 1 is 1.21 bits per heavy atom. The largest absolute Gasteiger partial charge is 0.405 e. The number of pyridine rings is 1. The molecule has 1 saturated carbocycles. The lowest BCUT2D eigenvalue weighted by Crippen LogP contribution is -2.36. The van der Waals surface area contributed by atoms with Gasteiger partial charge < -0.3 is 25.6 Å². The summed E-state index contributed by atoms with van der Waals surface area (Å²) in [5.41, 5.74) is 1.58. The van der Waals surface area contributed by atoms with Crippen molar-refractivity contribution in [2.75, 3.05) is 30.9 Å². The van der Waals surface area contributed by atoms with Crippen LogP contribution >= 0.6 is 11.3 Å². The van der Waals surface area contributed by atoms with E-state index < -0.39 is 31.0 Å². The summed E-state index contributed by atoms with van der Waals surface area (Å²) in [5.74, 6) is -0.293. The molecular formula is C20H23F3N6O3S. The third-order valence-corrected chi connectivity index (χ3v) is 6.50. The van der Waals surface area contributed by atoms with E-state index in [0.29, 0.717) is 28.2 Å². The second kappa shape index (κ2) is 9.33. The zero-order valence-electron chi connectivity index (χ0n) is 17.8. The van der Waals surface area contributed by atoms with E-state index in [-0.39, 0.29) is 24.3 Å². The monoisotopic (exact) mass is 484 g/mol. The van der Waals surface area contributed by atoms with Crippen molar-refractivity contribution >= 4 is 33.3 Å². The zero-order chi connectivity index (χ0) is 23.8. The molecule has 1 fully saturated rings. The summed E-state index contributed by atoms with van der Waals surface area (Å²) >= 11 is 1.37. The molecule has 0 bridgehead atoms. The molecule has 0 radical (unpaired) electrons. The number of thiazole rings is 1. The van der Waals surface area contributed by atoms with Crippen molar-refractivity contribution in [2.24, 2.45) is 5.92 Å². The first kappa shape index (κ1) is 23.5. The number of aliphatic hydroxyl groups excluding tert-OH is 2. The van der Waals surface area contributed by atoms with Gasteiger partial charge >= 0.3 is 6.18 Å². The predicted molar refractivity (Wildman–Crippen MR) is 117 cm³/mol. The molecular weight excluding hydrogens is 461 g/mol. The van der Waals surface area contributed by atoms with Crippen LogP contribution < -0.4 is 10.6 Å². The number of aliphatic hydroxyl groups is 2. The number of nitrogens with one attached hydrogen (secondary N) is 2. The highest BCUT2D eigenvalue weighted by Gasteiger charge is 2.42. The highest BCUT2D eigenvalue weighted by Crippen LogP contribution is 2.38. The second-order valence-electron chi connectivity index (χ2n) is 7.87. The standard InChI is InChI=1S/C20H23F3N6O3S/c1-9-14(18-28-12-6-24-4-3-13(12)33-18)17(29-19(26-9)25-8-20(21,22)23)27-11-5-10(7-32-2)15(30)16(11)31/h3-4,6,10-11,15-16,30-31H,5,7-8H2,1-2H3,(H2,25,26,27,29)/t10-,11-,15-,16+/m1/s1. The lowest BCUT2D eigenvalue weighted by Gasteiger charge is -2.21. The van der Waals surface area contributed by atoms with E-state index in [1.807, 2.05) is 6.07 Å². The maximum atomic E-state index is 12.7. The first-order valence-corrected chi connectivity index (χ1v) is 11.0. The van der Waals surface area contributed by atoms with Crippen LogP contribution in [0.15, 0.2) is 18.5 Å². The van der Waals surface area contributed by atoms with Crippen LogP contribution in [0.25, 0.3) is 20.8 Å². The molecule has 1 aliphatic carbocycles. The van der Waals surface area contributed by atoms with Gasteiger partial charge in [-0.1, -0.05) is 0 Å². The number of methoxy groups -OCH3 is 1. The molecule has 0 unspecified atom stereocenters. The highest BCUT2D eigenvalue weighted by atomic mass is 32.1. The summed E-state index contributed by atoms with van der Waals surface area (Å²) in [6, 6.07) is 1.21. The minimum atomic E-state index is -4.44. The molecule has 0 amide bonds. The number of hydrogen-bond donors (Lipinski definition) is 4. The van der Waals surface area contributed by atoms with Gasteiger partial charge in [0.1, 0.15) is 29.0 Å². The van der Waals surface area contributed by atoms with E-state index in [1.54, 1.807) is 19.3 Å². The third kappa shape index (κ3) is 5.16. The molecule has 1 aliphatic rings. The fraction of sp³-hybridized carbons (Fsp3) is 0.500. The molecule has 0 aliphatic heterocycles. The third-order valence-electron chi connectivity index (χ3n) is 5.45. The van der Waals surface area contributed by atoms with E-state index >= 15 is 0 Å². The lowest BCUT2D eigenvalue weighted by molar-refractivity contribution is -0.115. The number of aryl methyl sites for hydroxylation is 1. The number of aromatic nitrogens is 4. The van der Waals surface area contributed by atoms with Gasteiger partial charge in [-0.05, 0) is 19.4 Å². The van der Waals surface area contributed by atoms with Crippen molar-refractivity contribution in [3.63, 3.8) is 0 Å². The first-order chi connectivity index (χ1) is 15.7. The summed E-state index contributed by atoms with van der Waals surface area (Å²) in [6.45, 7) is 0.618. The van der Waals surface area contributed by atoms with Gasteiger partial charge in [0, 0.05) is 19.2 Å². The van der Waals surface area contributed by atoms with Gasteiger partial charge in [-0.3, -0.25) is 4.98 Å². The Kier molecular flexibility index (Phi) is 6.66. The molecule has 4 rings (SSSR count). The van der Waals surface area contributed by atoms with Crippen LogP contribution in [-0.4, -0.2) is 74.8 Å². The molecule has 4 N–H and O–H groups in total. The van der Waals surface area contributed by atoms with Crippen molar-refractivity contribution in [3.05, 3.63) is 24.2 Å². The van der Waals surface area contributed by atoms with Gasteiger partial charge in [-0.25, -0.2) is 9.97 Å². The van der Waals surface area contributed by atoms with Gasteiger partial charge in [-0.2, -0.15) is 18.2 Å². The van der Waals surface area contributed by atoms with Crippen LogP contribution in [-0.2, 0) is 4.74 Å². The molecule has 0 spiro atoms. The van der Waals surface area contributed by atoms with Crippen LogP contribution in [0.2, 0.25) is 0 Å². The van der Waals surface area contributed by atoms with Crippen LogP contribution in [0.5, 0.6) is 0 Å². The highest BCUT2D eigenvalue weighted by molar-refractivity contribution is 7.21. The van der Waals surface area contributed by atoms with Crippen molar-refractivity contribution in [3.8, 4) is 10.6 Å². The lowest BCUT2D eigenvalue weighted by atomic mass is 10.1. The fourth-order valence-electron chi connectivity index (χ4n) is 3.90. The van der Waals surface area contributed by atoms with Crippen molar-refractivity contribution in [1.29, 1.82) is 0 Å². The Morgan fingerprint density at radius 3 is 2.70 bits per heavy atom. The van der Waals surface area contributed by atoms with Crippen molar-refractivity contribution in [2.45, 2.75) is 37.8 Å². The molecule has 33 heavy (non-hydrogen) atoms. The number of hydrogen-bond acceptors (Lipinski definition) is 10. The number of fused-ring (bicyclic) bond motifs is 1. The Bertz CT molecular complexity index is 1100. The van der Waals surface area contributed by atoms with Gasteiger partial charge in [-0.15, -0.1) is 11.3 Å². The summed E-state index contributed by atoms with van der Waals surface area (Å²) in [4.78, 5) is 17.1. The zero-order valence-corrected chi connectivity index (χ0v) is 18.6. The fourth-order valence-corrected chi connectivity index (χ4v) is 4.93. The van der Waals surface area contributed by atoms with Crippen LogP contribution in [0.1, 0.15) is 12.1 Å². The number of anilines is 2. The minimum absolute atomic E-state index is 0.208. The number of ether oxygens (including phenoxy) is 1. The maximum Gasteiger partial charge on any atom is 0.405 e. The molecule has 3 heterocycles. The van der Waals surface area contributed by atoms with Gasteiger partial charge in [0.15, 0.2) is 0 Å². The molecule has 13 heteroatoms. The van der Waals surface area contributed by atoms with E-state index in [1.165, 1.54) is 18.4 Å². The number of alkyl halides is 3. The van der Waals surface area contributed by atoms with Gasteiger partial charge in [0.2, 0.25) is 5.95 Å². The average molecular weight is 485 g/mol. The molecule has 4 atom stereocenters. The maximum absolute atomic E-state index is 12.7. The van der Waals surface area contributed by atoms with Crippen LogP contribution in [0.4, 0.5) is 24.9 Å². The van der Waals surface area contributed by atoms with Crippen LogP contribution in [0, 0.1) is 12.8 Å². The molecule has 3 aromatic heterocycles. The Hall–Kier alpha value is -2.61.